The molecule has 1 amide bonds. The third-order valence-corrected chi connectivity index (χ3v) is 5.96. The van der Waals surface area contributed by atoms with Crippen LogP contribution in [0.1, 0.15) is 39.6 Å². The number of H-pyrrole nitrogens is 1. The summed E-state index contributed by atoms with van der Waals surface area (Å²) in [7, 11) is 0. The molecule has 1 N–H and O–H groups in total. The molecule has 0 radical (unpaired) electrons. The second-order valence-corrected chi connectivity index (χ2v) is 8.08. The molecule has 1 saturated heterocycles. The number of alkyl halides is 3. The second-order valence-electron chi connectivity index (χ2n) is 8.08. The molecule has 1 aliphatic heterocycles. The molecule has 1 fully saturated rings. The zero-order valence-corrected chi connectivity index (χ0v) is 17.7. The number of halogens is 3. The highest BCUT2D eigenvalue weighted by Gasteiger charge is 2.32. The minimum absolute atomic E-state index is 0.145. The number of aromatic amines is 1. The first kappa shape index (κ1) is 21.9. The van der Waals surface area contributed by atoms with Gasteiger partial charge in [0.25, 0.3) is 11.7 Å². The van der Waals surface area contributed by atoms with Crippen molar-refractivity contribution in [3.8, 4) is 0 Å². The molecule has 1 aromatic heterocycles. The highest BCUT2D eigenvalue weighted by molar-refractivity contribution is 6.43. The fourth-order valence-corrected chi connectivity index (χ4v) is 4.14. The number of aryl methyl sites for hydroxylation is 1. The lowest BCUT2D eigenvalue weighted by Gasteiger charge is -2.36. The van der Waals surface area contributed by atoms with Gasteiger partial charge in [0.1, 0.15) is 0 Å². The van der Waals surface area contributed by atoms with Crippen LogP contribution in [0, 0.1) is 6.92 Å². The third kappa shape index (κ3) is 4.49. The van der Waals surface area contributed by atoms with Crippen molar-refractivity contribution in [2.24, 2.45) is 0 Å². The van der Waals surface area contributed by atoms with Crippen molar-refractivity contribution in [1.29, 1.82) is 0 Å². The number of ketones is 1. The molecule has 4 rings (SSSR count). The predicted molar refractivity (Wildman–Crippen MR) is 116 cm³/mol. The number of carbonyl (C=O) groups excluding carboxylic acids is 2. The van der Waals surface area contributed by atoms with Crippen LogP contribution >= 0.6 is 0 Å². The predicted octanol–water partition coefficient (Wildman–Crippen LogP) is 4.47. The molecule has 8 heteroatoms. The van der Waals surface area contributed by atoms with E-state index < -0.39 is 23.4 Å². The van der Waals surface area contributed by atoms with Crippen molar-refractivity contribution in [2.45, 2.75) is 25.4 Å². The number of amides is 1. The lowest BCUT2D eigenvalue weighted by molar-refractivity contribution is -0.137. The molecule has 1 unspecified atom stereocenters. The van der Waals surface area contributed by atoms with Crippen LogP contribution in [0.2, 0.25) is 0 Å². The second kappa shape index (κ2) is 8.68. The maximum absolute atomic E-state index is 13.0. The first-order chi connectivity index (χ1) is 15.2. The first-order valence-electron chi connectivity index (χ1n) is 10.5. The molecule has 5 nitrogen and oxygen atoms in total. The molecule has 1 atom stereocenters. The topological polar surface area (TPSA) is 56.4 Å². The minimum atomic E-state index is -4.41. The summed E-state index contributed by atoms with van der Waals surface area (Å²) in [6, 6.07) is 6.90. The molecule has 32 heavy (non-hydrogen) atoms. The van der Waals surface area contributed by atoms with E-state index >= 15 is 0 Å². The largest absolute Gasteiger partial charge is 0.416 e. The zero-order chi connectivity index (χ0) is 22.9. The lowest BCUT2D eigenvalue weighted by Crippen LogP contribution is -2.50. The van der Waals surface area contributed by atoms with Crippen LogP contribution in [0.4, 0.5) is 18.9 Å². The Kier molecular flexibility index (Phi) is 5.95. The number of hydrogen-bond donors (Lipinski definition) is 1. The molecule has 0 saturated carbocycles. The molecule has 2 aliphatic rings. The van der Waals surface area contributed by atoms with Gasteiger partial charge in [0.05, 0.1) is 5.56 Å². The van der Waals surface area contributed by atoms with Crippen molar-refractivity contribution < 1.29 is 22.8 Å². The fraction of sp³-hybridized carbons (Fsp3) is 0.333. The van der Waals surface area contributed by atoms with Crippen molar-refractivity contribution in [3.05, 3.63) is 77.2 Å². The van der Waals surface area contributed by atoms with Crippen molar-refractivity contribution in [1.82, 2.24) is 9.88 Å². The van der Waals surface area contributed by atoms with Gasteiger partial charge in [0.2, 0.25) is 0 Å². The van der Waals surface area contributed by atoms with Gasteiger partial charge < -0.3 is 14.8 Å². The van der Waals surface area contributed by atoms with E-state index in [-0.39, 0.29) is 19.0 Å². The van der Waals surface area contributed by atoms with E-state index in [0.717, 1.165) is 24.2 Å². The van der Waals surface area contributed by atoms with E-state index in [2.05, 4.69) is 11.1 Å². The van der Waals surface area contributed by atoms with Crippen molar-refractivity contribution in [3.63, 3.8) is 0 Å². The Morgan fingerprint density at radius 3 is 2.47 bits per heavy atom. The first-order valence-corrected chi connectivity index (χ1v) is 10.5. The Morgan fingerprint density at radius 2 is 1.81 bits per heavy atom. The van der Waals surface area contributed by atoms with Gasteiger partial charge in [0.15, 0.2) is 0 Å². The van der Waals surface area contributed by atoms with Crippen LogP contribution in [-0.2, 0) is 11.0 Å². The average Bonchev–Trinajstić information content (AvgIpc) is 3.20. The van der Waals surface area contributed by atoms with Crippen molar-refractivity contribution in [2.75, 3.05) is 31.1 Å². The smallest absolute Gasteiger partial charge is 0.368 e. The van der Waals surface area contributed by atoms with Crippen LogP contribution in [0.15, 0.2) is 54.6 Å². The zero-order valence-electron chi connectivity index (χ0n) is 17.7. The standard InChI is InChI=1S/C24H24F3N3O2/c1-16-20(15-21(28-16)17-6-3-2-4-7-17)22(31)23(32)30-12-10-29(11-13-30)19-9-5-8-18(14-19)24(25,26)27/h2-6,8-9,14-15,17,28H,7,10-13H2,1H3. The summed E-state index contributed by atoms with van der Waals surface area (Å²) in [5, 5.41) is 0. The maximum Gasteiger partial charge on any atom is 0.416 e. The number of Topliss-reactive ketones (excluding diaryl/α,β-unsaturated/α-hetero) is 1. The Balaban J connectivity index is 1.41. The monoisotopic (exact) mass is 443 g/mol. The Morgan fingerprint density at radius 1 is 1.06 bits per heavy atom. The van der Waals surface area contributed by atoms with Crippen LogP contribution in [0.3, 0.4) is 0 Å². The molecule has 1 aliphatic carbocycles. The van der Waals surface area contributed by atoms with Crippen molar-refractivity contribution >= 4 is 17.4 Å². The van der Waals surface area contributed by atoms with E-state index in [0.29, 0.717) is 30.0 Å². The lowest BCUT2D eigenvalue weighted by atomic mass is 9.97. The molecular weight excluding hydrogens is 419 g/mol. The fourth-order valence-electron chi connectivity index (χ4n) is 4.14. The summed E-state index contributed by atoms with van der Waals surface area (Å²) in [4.78, 5) is 32.2. The quantitative estimate of drug-likeness (QED) is 0.560. The molecule has 0 bridgehead atoms. The number of benzene rings is 1. The van der Waals surface area contributed by atoms with Crippen LogP contribution in [0.5, 0.6) is 0 Å². The number of piperazine rings is 1. The Labute approximate surface area is 184 Å². The Bertz CT molecular complexity index is 1080. The summed E-state index contributed by atoms with van der Waals surface area (Å²) in [5.74, 6) is -0.999. The van der Waals surface area contributed by atoms with Gasteiger partial charge in [-0.25, -0.2) is 0 Å². The molecule has 2 aromatic rings. The highest BCUT2D eigenvalue weighted by atomic mass is 19.4. The number of hydrogen-bond acceptors (Lipinski definition) is 3. The molecule has 1 aromatic carbocycles. The van der Waals surface area contributed by atoms with E-state index in [1.807, 2.05) is 18.2 Å². The summed E-state index contributed by atoms with van der Waals surface area (Å²) in [5.41, 5.74) is 1.68. The van der Waals surface area contributed by atoms with Gasteiger partial charge in [-0.05, 0) is 37.6 Å². The number of nitrogens with one attached hydrogen (secondary N) is 1. The van der Waals surface area contributed by atoms with Crippen LogP contribution < -0.4 is 4.90 Å². The average molecular weight is 443 g/mol. The minimum Gasteiger partial charge on any atom is -0.368 e. The highest BCUT2D eigenvalue weighted by Crippen LogP contribution is 2.32. The molecule has 0 spiro atoms. The molecular formula is C24H24F3N3O2. The molecule has 2 heterocycles. The van der Waals surface area contributed by atoms with Gasteiger partial charge in [-0.15, -0.1) is 0 Å². The van der Waals surface area contributed by atoms with Gasteiger partial charge in [-0.1, -0.05) is 30.4 Å². The molecule has 168 valence electrons. The number of anilines is 1. The third-order valence-electron chi connectivity index (χ3n) is 5.96. The van der Waals surface area contributed by atoms with Gasteiger partial charge >= 0.3 is 6.18 Å². The van der Waals surface area contributed by atoms with E-state index in [1.165, 1.54) is 11.0 Å². The number of rotatable bonds is 4. The Hall–Kier alpha value is -3.29. The van der Waals surface area contributed by atoms with Crippen LogP contribution in [0.25, 0.3) is 0 Å². The SMILES string of the molecule is Cc1[nH]c(C2C=CC=CC2)cc1C(=O)C(=O)N1CCN(c2cccc(C(F)(F)F)c2)CC1. The van der Waals surface area contributed by atoms with Gasteiger partial charge in [-0.3, -0.25) is 9.59 Å². The number of aromatic nitrogens is 1. The summed E-state index contributed by atoms with van der Waals surface area (Å²) >= 11 is 0. The number of allylic oxidation sites excluding steroid dienone is 4. The van der Waals surface area contributed by atoms with E-state index in [4.69, 9.17) is 0 Å². The van der Waals surface area contributed by atoms with Gasteiger partial charge in [0, 0.05) is 54.7 Å². The maximum atomic E-state index is 13.0. The van der Waals surface area contributed by atoms with Crippen LogP contribution in [-0.4, -0.2) is 47.8 Å². The number of nitrogens with zero attached hydrogens (tertiary/aromatic N) is 2. The normalized spacial score (nSPS) is 18.8. The summed E-state index contributed by atoms with van der Waals surface area (Å²) in [6.45, 7) is 3.03. The summed E-state index contributed by atoms with van der Waals surface area (Å²) in [6.07, 6.45) is 4.46. The van der Waals surface area contributed by atoms with E-state index in [9.17, 15) is 22.8 Å². The number of carbonyl (C=O) groups is 2. The van der Waals surface area contributed by atoms with E-state index in [1.54, 1.807) is 24.0 Å². The van der Waals surface area contributed by atoms with Gasteiger partial charge in [-0.2, -0.15) is 13.2 Å². The summed E-state index contributed by atoms with van der Waals surface area (Å²) < 4.78 is 39.0.